The molecule has 62 valence electrons. The number of aliphatic hydroxyl groups excluding tert-OH is 1. The van der Waals surface area contributed by atoms with Crippen LogP contribution in [0.1, 0.15) is 27.2 Å². The molecule has 0 amide bonds. The summed E-state index contributed by atoms with van der Waals surface area (Å²) in [7, 11) is 0. The van der Waals surface area contributed by atoms with Gasteiger partial charge in [0, 0.05) is 5.92 Å². The zero-order valence-corrected chi connectivity index (χ0v) is 6.56. The molecule has 1 atom stereocenters. The van der Waals surface area contributed by atoms with E-state index in [-0.39, 0.29) is 6.42 Å². The molecule has 1 nitrogen and oxygen atoms in total. The molecule has 0 saturated carbocycles. The van der Waals surface area contributed by atoms with Crippen molar-refractivity contribution in [1.29, 1.82) is 0 Å². The van der Waals surface area contributed by atoms with E-state index in [0.29, 0.717) is 0 Å². The molecule has 0 aromatic carbocycles. The van der Waals surface area contributed by atoms with Gasteiger partial charge in [-0.3, -0.25) is 0 Å². The molecule has 0 fully saturated rings. The number of alkyl halides is 2. The van der Waals surface area contributed by atoms with Gasteiger partial charge in [0.05, 0.1) is 0 Å². The maximum atomic E-state index is 12.7. The van der Waals surface area contributed by atoms with E-state index in [2.05, 4.69) is 0 Å². The lowest BCUT2D eigenvalue weighted by molar-refractivity contribution is -0.139. The maximum absolute atomic E-state index is 12.7. The summed E-state index contributed by atoms with van der Waals surface area (Å²) in [5, 5.41) is 8.81. The van der Waals surface area contributed by atoms with Crippen molar-refractivity contribution in [3.63, 3.8) is 0 Å². The van der Waals surface area contributed by atoms with E-state index in [0.717, 1.165) is 0 Å². The van der Waals surface area contributed by atoms with E-state index in [1.807, 2.05) is 0 Å². The normalized spacial score (nSPS) is 15.9. The Labute approximate surface area is 60.1 Å². The average Bonchev–Trinajstić information content (AvgIpc) is 1.86. The lowest BCUT2D eigenvalue weighted by Crippen LogP contribution is -2.37. The monoisotopic (exact) mass is 152 g/mol. The molecule has 0 radical (unpaired) electrons. The van der Waals surface area contributed by atoms with Gasteiger partial charge in [0.2, 0.25) is 0 Å². The second kappa shape index (κ2) is 3.28. The quantitative estimate of drug-likeness (QED) is 0.656. The van der Waals surface area contributed by atoms with Crippen LogP contribution < -0.4 is 0 Å². The Morgan fingerprint density at radius 2 is 1.80 bits per heavy atom. The molecule has 10 heavy (non-hydrogen) atoms. The molecule has 3 heteroatoms. The van der Waals surface area contributed by atoms with Crippen molar-refractivity contribution < 1.29 is 13.9 Å². The Kier molecular flexibility index (Phi) is 3.22. The third-order valence-electron chi connectivity index (χ3n) is 1.60. The maximum Gasteiger partial charge on any atom is 0.275 e. The van der Waals surface area contributed by atoms with Crippen molar-refractivity contribution in [2.24, 2.45) is 5.92 Å². The highest BCUT2D eigenvalue weighted by atomic mass is 19.3. The summed E-state index contributed by atoms with van der Waals surface area (Å²) in [6, 6.07) is 0. The van der Waals surface area contributed by atoms with Gasteiger partial charge in [0.25, 0.3) is 5.92 Å². The van der Waals surface area contributed by atoms with Crippen LogP contribution in [-0.4, -0.2) is 17.1 Å². The molecule has 0 unspecified atom stereocenters. The predicted molar refractivity (Wildman–Crippen MR) is 36.1 cm³/mol. The van der Waals surface area contributed by atoms with Crippen molar-refractivity contribution in [2.45, 2.75) is 39.2 Å². The van der Waals surface area contributed by atoms with Gasteiger partial charge in [-0.15, -0.1) is 0 Å². The molecular weight excluding hydrogens is 138 g/mol. The third kappa shape index (κ3) is 1.90. The first-order chi connectivity index (χ1) is 4.42. The SMILES string of the molecule is CC[C@@H](O)C(F)(F)C(C)C. The smallest absolute Gasteiger partial charge is 0.275 e. The van der Waals surface area contributed by atoms with Crippen LogP contribution in [0.3, 0.4) is 0 Å². The molecular formula is C7H14F2O. The number of hydrogen-bond acceptors (Lipinski definition) is 1. The summed E-state index contributed by atoms with van der Waals surface area (Å²) >= 11 is 0. The van der Waals surface area contributed by atoms with Crippen LogP contribution in [-0.2, 0) is 0 Å². The van der Waals surface area contributed by atoms with E-state index in [9.17, 15) is 8.78 Å². The molecule has 0 spiro atoms. The van der Waals surface area contributed by atoms with Gasteiger partial charge in [0.1, 0.15) is 6.10 Å². The van der Waals surface area contributed by atoms with Gasteiger partial charge in [-0.25, -0.2) is 8.78 Å². The Balaban J connectivity index is 4.09. The topological polar surface area (TPSA) is 20.2 Å². The van der Waals surface area contributed by atoms with Crippen molar-refractivity contribution in [3.05, 3.63) is 0 Å². The molecule has 0 bridgehead atoms. The number of hydrogen-bond donors (Lipinski definition) is 1. The van der Waals surface area contributed by atoms with Gasteiger partial charge < -0.3 is 5.11 Å². The largest absolute Gasteiger partial charge is 0.387 e. The fourth-order valence-electron chi connectivity index (χ4n) is 0.657. The first kappa shape index (κ1) is 9.82. The summed E-state index contributed by atoms with van der Waals surface area (Å²) in [5.74, 6) is -3.73. The van der Waals surface area contributed by atoms with Crippen LogP contribution in [0.4, 0.5) is 8.78 Å². The van der Waals surface area contributed by atoms with E-state index in [4.69, 9.17) is 5.11 Å². The van der Waals surface area contributed by atoms with Crippen molar-refractivity contribution in [2.75, 3.05) is 0 Å². The second-order valence-corrected chi connectivity index (χ2v) is 2.75. The van der Waals surface area contributed by atoms with Crippen LogP contribution in [0.25, 0.3) is 0 Å². The van der Waals surface area contributed by atoms with Gasteiger partial charge >= 0.3 is 0 Å². The van der Waals surface area contributed by atoms with Gasteiger partial charge in [-0.2, -0.15) is 0 Å². The minimum Gasteiger partial charge on any atom is -0.387 e. The highest BCUT2D eigenvalue weighted by Gasteiger charge is 2.40. The Morgan fingerprint density at radius 3 is 1.90 bits per heavy atom. The third-order valence-corrected chi connectivity index (χ3v) is 1.60. The van der Waals surface area contributed by atoms with E-state index < -0.39 is 17.9 Å². The first-order valence-corrected chi connectivity index (χ1v) is 3.48. The Hall–Kier alpha value is -0.180. The number of halogens is 2. The van der Waals surface area contributed by atoms with Gasteiger partial charge in [0.15, 0.2) is 0 Å². The van der Waals surface area contributed by atoms with Crippen LogP contribution in [0.2, 0.25) is 0 Å². The first-order valence-electron chi connectivity index (χ1n) is 3.48. The minimum atomic E-state index is -2.94. The fraction of sp³-hybridized carbons (Fsp3) is 1.00. The van der Waals surface area contributed by atoms with E-state index in [1.165, 1.54) is 13.8 Å². The summed E-state index contributed by atoms with van der Waals surface area (Å²) in [4.78, 5) is 0. The van der Waals surface area contributed by atoms with Crippen molar-refractivity contribution in [3.8, 4) is 0 Å². The summed E-state index contributed by atoms with van der Waals surface area (Å²) in [6.07, 6.45) is -1.39. The Morgan fingerprint density at radius 1 is 1.40 bits per heavy atom. The standard InChI is InChI=1S/C7H14F2O/c1-4-6(10)7(8,9)5(2)3/h5-6,10H,4H2,1-3H3/t6-/m1/s1. The minimum absolute atomic E-state index is 0.102. The van der Waals surface area contributed by atoms with Crippen LogP contribution in [0.15, 0.2) is 0 Å². The van der Waals surface area contributed by atoms with Crippen LogP contribution in [0, 0.1) is 5.92 Å². The number of rotatable bonds is 3. The Bertz CT molecular complexity index is 102. The highest BCUT2D eigenvalue weighted by Crippen LogP contribution is 2.29. The van der Waals surface area contributed by atoms with Gasteiger partial charge in [-0.1, -0.05) is 20.8 Å². The van der Waals surface area contributed by atoms with Crippen molar-refractivity contribution >= 4 is 0 Å². The molecule has 0 aromatic rings. The average molecular weight is 152 g/mol. The molecule has 0 rings (SSSR count). The lowest BCUT2D eigenvalue weighted by atomic mass is 9.99. The molecule has 0 aliphatic heterocycles. The molecule has 1 N–H and O–H groups in total. The zero-order valence-electron chi connectivity index (χ0n) is 6.56. The molecule has 0 aliphatic carbocycles. The second-order valence-electron chi connectivity index (χ2n) is 2.75. The molecule has 0 heterocycles. The summed E-state index contributed by atoms with van der Waals surface area (Å²) in [6.45, 7) is 4.35. The fourth-order valence-corrected chi connectivity index (χ4v) is 0.657. The van der Waals surface area contributed by atoms with E-state index in [1.54, 1.807) is 6.92 Å². The summed E-state index contributed by atoms with van der Waals surface area (Å²) < 4.78 is 25.4. The van der Waals surface area contributed by atoms with E-state index >= 15 is 0 Å². The van der Waals surface area contributed by atoms with Crippen LogP contribution >= 0.6 is 0 Å². The summed E-state index contributed by atoms with van der Waals surface area (Å²) in [5.41, 5.74) is 0. The molecule has 0 saturated heterocycles. The molecule has 0 aromatic heterocycles. The zero-order chi connectivity index (χ0) is 8.36. The highest BCUT2D eigenvalue weighted by molar-refractivity contribution is 4.77. The number of aliphatic hydroxyl groups is 1. The van der Waals surface area contributed by atoms with Crippen molar-refractivity contribution in [1.82, 2.24) is 0 Å². The van der Waals surface area contributed by atoms with Gasteiger partial charge in [-0.05, 0) is 6.42 Å². The lowest BCUT2D eigenvalue weighted by Gasteiger charge is -2.24. The predicted octanol–water partition coefficient (Wildman–Crippen LogP) is 2.05. The van der Waals surface area contributed by atoms with Crippen LogP contribution in [0.5, 0.6) is 0 Å². The molecule has 0 aliphatic rings.